The quantitative estimate of drug-likeness (QED) is 0.285. The summed E-state index contributed by atoms with van der Waals surface area (Å²) in [6, 6.07) is 0.354. The van der Waals surface area contributed by atoms with Crippen molar-refractivity contribution in [2.75, 3.05) is 27.2 Å². The smallest absolute Gasteiger partial charge is 0.243 e. The maximum Gasteiger partial charge on any atom is 0.243 e. The SMILES string of the molecule is CCCCCNC(=NCC(=O)N(C)C)NC(C)CC.I. The zero-order valence-corrected chi connectivity index (χ0v) is 15.9. The highest BCUT2D eigenvalue weighted by atomic mass is 127. The summed E-state index contributed by atoms with van der Waals surface area (Å²) >= 11 is 0. The van der Waals surface area contributed by atoms with Crippen molar-refractivity contribution in [2.24, 2.45) is 4.99 Å². The van der Waals surface area contributed by atoms with Crippen molar-refractivity contribution in [3.05, 3.63) is 0 Å². The van der Waals surface area contributed by atoms with Crippen LogP contribution in [-0.4, -0.2) is 50.0 Å². The molecule has 0 bridgehead atoms. The summed E-state index contributed by atoms with van der Waals surface area (Å²) in [4.78, 5) is 17.4. The first-order chi connectivity index (χ1) is 9.01. The molecular weight excluding hydrogens is 367 g/mol. The number of carbonyl (C=O) groups is 1. The van der Waals surface area contributed by atoms with Gasteiger partial charge in [-0.2, -0.15) is 0 Å². The van der Waals surface area contributed by atoms with Gasteiger partial charge >= 0.3 is 0 Å². The minimum Gasteiger partial charge on any atom is -0.356 e. The first-order valence-corrected chi connectivity index (χ1v) is 7.26. The average molecular weight is 398 g/mol. The molecule has 0 fully saturated rings. The summed E-state index contributed by atoms with van der Waals surface area (Å²) in [5.41, 5.74) is 0. The molecular formula is C14H31IN4O. The standard InChI is InChI=1S/C14H30N4O.HI/c1-6-8-9-10-15-14(17-12(3)7-2)16-11-13(19)18(4)5;/h12H,6-11H2,1-5H3,(H2,15,16,17);1H. The Labute approximate surface area is 141 Å². The van der Waals surface area contributed by atoms with Gasteiger partial charge in [0.15, 0.2) is 5.96 Å². The second-order valence-corrected chi connectivity index (χ2v) is 5.04. The van der Waals surface area contributed by atoms with E-state index in [4.69, 9.17) is 0 Å². The van der Waals surface area contributed by atoms with Gasteiger partial charge in [0.05, 0.1) is 0 Å². The number of carbonyl (C=O) groups excluding carboxylic acids is 1. The highest BCUT2D eigenvalue weighted by Gasteiger charge is 2.06. The second kappa shape index (κ2) is 13.5. The lowest BCUT2D eigenvalue weighted by molar-refractivity contribution is -0.127. The molecule has 20 heavy (non-hydrogen) atoms. The number of hydrogen-bond acceptors (Lipinski definition) is 2. The predicted octanol–water partition coefficient (Wildman–Crippen LogP) is 2.22. The van der Waals surface area contributed by atoms with Crippen molar-refractivity contribution in [1.29, 1.82) is 0 Å². The molecule has 1 amide bonds. The molecule has 0 saturated carbocycles. The molecule has 0 aromatic carbocycles. The number of guanidine groups is 1. The van der Waals surface area contributed by atoms with Gasteiger partial charge in [0, 0.05) is 26.7 Å². The number of nitrogens with one attached hydrogen (secondary N) is 2. The van der Waals surface area contributed by atoms with Gasteiger partial charge in [-0.1, -0.05) is 26.7 Å². The minimum atomic E-state index is 0. The van der Waals surface area contributed by atoms with Gasteiger partial charge in [0.1, 0.15) is 6.54 Å². The Kier molecular flexibility index (Phi) is 14.6. The second-order valence-electron chi connectivity index (χ2n) is 5.04. The van der Waals surface area contributed by atoms with Crippen molar-refractivity contribution < 1.29 is 4.79 Å². The summed E-state index contributed by atoms with van der Waals surface area (Å²) < 4.78 is 0. The molecule has 5 nitrogen and oxygen atoms in total. The van der Waals surface area contributed by atoms with Crippen LogP contribution in [0.2, 0.25) is 0 Å². The number of aliphatic imine (C=N–C) groups is 1. The molecule has 0 spiro atoms. The molecule has 1 unspecified atom stereocenters. The third-order valence-electron chi connectivity index (χ3n) is 2.94. The average Bonchev–Trinajstić information content (AvgIpc) is 2.39. The third kappa shape index (κ3) is 11.3. The van der Waals surface area contributed by atoms with Crippen LogP contribution in [0.4, 0.5) is 0 Å². The number of nitrogens with zero attached hydrogens (tertiary/aromatic N) is 2. The molecule has 0 aliphatic rings. The zero-order chi connectivity index (χ0) is 14.7. The van der Waals surface area contributed by atoms with Crippen molar-refractivity contribution in [1.82, 2.24) is 15.5 Å². The fourth-order valence-electron chi connectivity index (χ4n) is 1.36. The molecule has 0 radical (unpaired) electrons. The molecule has 0 aromatic rings. The number of hydrogen-bond donors (Lipinski definition) is 2. The molecule has 0 heterocycles. The maximum absolute atomic E-state index is 11.5. The molecule has 0 rings (SSSR count). The van der Waals surface area contributed by atoms with Crippen molar-refractivity contribution in [3.63, 3.8) is 0 Å². The Morgan fingerprint density at radius 1 is 1.25 bits per heavy atom. The van der Waals surface area contributed by atoms with E-state index in [0.29, 0.717) is 6.04 Å². The molecule has 0 saturated heterocycles. The van der Waals surface area contributed by atoms with Crippen LogP contribution in [0.5, 0.6) is 0 Å². The van der Waals surface area contributed by atoms with Gasteiger partial charge in [-0.3, -0.25) is 4.79 Å². The van der Waals surface area contributed by atoms with E-state index in [9.17, 15) is 4.79 Å². The third-order valence-corrected chi connectivity index (χ3v) is 2.94. The van der Waals surface area contributed by atoms with Crippen LogP contribution < -0.4 is 10.6 Å². The van der Waals surface area contributed by atoms with Crippen LogP contribution in [0, 0.1) is 0 Å². The molecule has 0 aliphatic carbocycles. The zero-order valence-electron chi connectivity index (χ0n) is 13.5. The monoisotopic (exact) mass is 398 g/mol. The summed E-state index contributed by atoms with van der Waals surface area (Å²) in [7, 11) is 3.49. The van der Waals surface area contributed by atoms with Gasteiger partial charge < -0.3 is 15.5 Å². The lowest BCUT2D eigenvalue weighted by Gasteiger charge is -2.17. The molecule has 1 atom stereocenters. The Bertz CT molecular complexity index is 282. The van der Waals surface area contributed by atoms with Crippen LogP contribution in [0.15, 0.2) is 4.99 Å². The molecule has 0 aliphatic heterocycles. The summed E-state index contributed by atoms with van der Waals surface area (Å²) in [5, 5.41) is 6.59. The van der Waals surface area contributed by atoms with Crippen LogP contribution >= 0.6 is 24.0 Å². The van der Waals surface area contributed by atoms with Crippen LogP contribution in [0.3, 0.4) is 0 Å². The highest BCUT2D eigenvalue weighted by Crippen LogP contribution is 1.92. The topological polar surface area (TPSA) is 56.7 Å². The van der Waals surface area contributed by atoms with Gasteiger partial charge in [0.25, 0.3) is 0 Å². The fraction of sp³-hybridized carbons (Fsp3) is 0.857. The number of rotatable bonds is 8. The largest absolute Gasteiger partial charge is 0.356 e. The lowest BCUT2D eigenvalue weighted by atomic mass is 10.2. The first kappa shape index (κ1) is 21.8. The van der Waals surface area contributed by atoms with Gasteiger partial charge in [-0.05, 0) is 19.8 Å². The molecule has 0 aromatic heterocycles. The van der Waals surface area contributed by atoms with Crippen molar-refractivity contribution in [2.45, 2.75) is 52.5 Å². The molecule has 2 N–H and O–H groups in total. The number of likely N-dealkylation sites (N-methyl/N-ethyl adjacent to an activating group) is 1. The van der Waals surface area contributed by atoms with E-state index >= 15 is 0 Å². The molecule has 6 heteroatoms. The van der Waals surface area contributed by atoms with Crippen LogP contribution in [-0.2, 0) is 4.79 Å². The fourth-order valence-corrected chi connectivity index (χ4v) is 1.36. The van der Waals surface area contributed by atoms with E-state index < -0.39 is 0 Å². The van der Waals surface area contributed by atoms with E-state index in [1.54, 1.807) is 19.0 Å². The number of amides is 1. The Morgan fingerprint density at radius 3 is 2.40 bits per heavy atom. The number of halogens is 1. The first-order valence-electron chi connectivity index (χ1n) is 7.26. The highest BCUT2D eigenvalue weighted by molar-refractivity contribution is 14.0. The van der Waals surface area contributed by atoms with Crippen LogP contribution in [0.1, 0.15) is 46.5 Å². The Balaban J connectivity index is 0. The minimum absolute atomic E-state index is 0. The summed E-state index contributed by atoms with van der Waals surface area (Å²) in [6.07, 6.45) is 4.56. The Hall–Kier alpha value is -0.530. The van der Waals surface area contributed by atoms with Crippen molar-refractivity contribution >= 4 is 35.8 Å². The van der Waals surface area contributed by atoms with E-state index in [1.807, 2.05) is 0 Å². The predicted molar refractivity (Wildman–Crippen MR) is 96.8 cm³/mol. The van der Waals surface area contributed by atoms with E-state index in [1.165, 1.54) is 12.8 Å². The van der Waals surface area contributed by atoms with E-state index in [2.05, 4.69) is 36.4 Å². The van der Waals surface area contributed by atoms with Crippen LogP contribution in [0.25, 0.3) is 0 Å². The summed E-state index contributed by atoms with van der Waals surface area (Å²) in [5.74, 6) is 0.750. The lowest BCUT2D eigenvalue weighted by Crippen LogP contribution is -2.43. The van der Waals surface area contributed by atoms with Gasteiger partial charge in [-0.15, -0.1) is 24.0 Å². The Morgan fingerprint density at radius 2 is 1.90 bits per heavy atom. The van der Waals surface area contributed by atoms with E-state index in [-0.39, 0.29) is 36.4 Å². The normalized spacial score (nSPS) is 12.3. The maximum atomic E-state index is 11.5. The van der Waals surface area contributed by atoms with Crippen molar-refractivity contribution in [3.8, 4) is 0 Å². The number of unbranched alkanes of at least 4 members (excludes halogenated alkanes) is 2. The summed E-state index contributed by atoms with van der Waals surface area (Å²) in [6.45, 7) is 7.50. The van der Waals surface area contributed by atoms with Gasteiger partial charge in [-0.25, -0.2) is 4.99 Å². The van der Waals surface area contributed by atoms with E-state index in [0.717, 1.165) is 25.3 Å². The molecule has 120 valence electrons. The van der Waals surface area contributed by atoms with Gasteiger partial charge in [0.2, 0.25) is 5.91 Å².